The van der Waals surface area contributed by atoms with Gasteiger partial charge < -0.3 is 10.5 Å². The van der Waals surface area contributed by atoms with Crippen LogP contribution in [-0.4, -0.2) is 7.11 Å². The molecule has 0 aromatic heterocycles. The van der Waals surface area contributed by atoms with Gasteiger partial charge in [0.15, 0.2) is 11.6 Å². The van der Waals surface area contributed by atoms with Crippen LogP contribution in [0, 0.1) is 11.6 Å². The van der Waals surface area contributed by atoms with E-state index in [4.69, 9.17) is 10.5 Å². The highest BCUT2D eigenvalue weighted by molar-refractivity contribution is 5.41. The third-order valence-corrected chi connectivity index (χ3v) is 2.79. The molecule has 0 saturated carbocycles. The summed E-state index contributed by atoms with van der Waals surface area (Å²) in [6, 6.07) is 10.2. The highest BCUT2D eigenvalue weighted by Crippen LogP contribution is 2.29. The van der Waals surface area contributed by atoms with E-state index >= 15 is 0 Å². The van der Waals surface area contributed by atoms with Crippen molar-refractivity contribution in [2.45, 2.75) is 6.04 Å². The average Bonchev–Trinajstić information content (AvgIpc) is 2.41. The van der Waals surface area contributed by atoms with Crippen LogP contribution in [0.15, 0.2) is 42.5 Å². The van der Waals surface area contributed by atoms with E-state index in [9.17, 15) is 8.78 Å². The molecule has 2 aromatic rings. The monoisotopic (exact) mass is 249 g/mol. The van der Waals surface area contributed by atoms with Gasteiger partial charge in [-0.2, -0.15) is 0 Å². The molecule has 94 valence electrons. The molecular weight excluding hydrogens is 236 g/mol. The Bertz CT molecular complexity index is 557. The molecule has 18 heavy (non-hydrogen) atoms. The predicted octanol–water partition coefficient (Wildman–Crippen LogP) is 3.02. The Hall–Kier alpha value is -1.94. The second-order valence-corrected chi connectivity index (χ2v) is 3.86. The van der Waals surface area contributed by atoms with Crippen LogP contribution in [0.25, 0.3) is 0 Å². The maximum absolute atomic E-state index is 13.7. The van der Waals surface area contributed by atoms with Gasteiger partial charge >= 0.3 is 0 Å². The van der Waals surface area contributed by atoms with Gasteiger partial charge in [-0.05, 0) is 12.1 Å². The number of halogens is 2. The van der Waals surface area contributed by atoms with E-state index in [1.165, 1.54) is 19.2 Å². The largest absolute Gasteiger partial charge is 0.496 e. The summed E-state index contributed by atoms with van der Waals surface area (Å²) < 4.78 is 32.0. The number of rotatable bonds is 3. The fraction of sp³-hybridized carbons (Fsp3) is 0.143. The molecule has 0 aliphatic heterocycles. The molecule has 2 aromatic carbocycles. The molecule has 0 spiro atoms. The average molecular weight is 249 g/mol. The first-order valence-electron chi connectivity index (χ1n) is 5.47. The number of methoxy groups -OCH3 is 1. The van der Waals surface area contributed by atoms with E-state index in [1.807, 2.05) is 0 Å². The topological polar surface area (TPSA) is 35.2 Å². The molecule has 0 bridgehead atoms. The Labute approximate surface area is 104 Å². The normalized spacial score (nSPS) is 12.2. The summed E-state index contributed by atoms with van der Waals surface area (Å²) in [5, 5.41) is 0. The summed E-state index contributed by atoms with van der Waals surface area (Å²) in [5.74, 6) is -1.28. The van der Waals surface area contributed by atoms with Crippen LogP contribution in [0.2, 0.25) is 0 Å². The standard InChI is InChI=1S/C14H13F2NO/c1-18-12-8-3-2-5-9(12)14(17)10-6-4-7-11(15)13(10)16/h2-8,14H,17H2,1H3. The second-order valence-electron chi connectivity index (χ2n) is 3.86. The Kier molecular flexibility index (Phi) is 3.58. The SMILES string of the molecule is COc1ccccc1C(N)c1cccc(F)c1F. The van der Waals surface area contributed by atoms with Gasteiger partial charge in [0.2, 0.25) is 0 Å². The first-order chi connectivity index (χ1) is 8.65. The summed E-state index contributed by atoms with van der Waals surface area (Å²) in [7, 11) is 1.51. The van der Waals surface area contributed by atoms with E-state index in [2.05, 4.69) is 0 Å². The lowest BCUT2D eigenvalue weighted by atomic mass is 9.98. The third-order valence-electron chi connectivity index (χ3n) is 2.79. The van der Waals surface area contributed by atoms with Crippen molar-refractivity contribution in [2.24, 2.45) is 5.73 Å². The third kappa shape index (κ3) is 2.19. The second kappa shape index (κ2) is 5.14. The van der Waals surface area contributed by atoms with Gasteiger partial charge in [-0.15, -0.1) is 0 Å². The van der Waals surface area contributed by atoms with E-state index in [1.54, 1.807) is 24.3 Å². The number of hydrogen-bond acceptors (Lipinski definition) is 2. The van der Waals surface area contributed by atoms with Crippen molar-refractivity contribution >= 4 is 0 Å². The smallest absolute Gasteiger partial charge is 0.163 e. The molecular formula is C14H13F2NO. The summed E-state index contributed by atoms with van der Waals surface area (Å²) in [6.07, 6.45) is 0. The van der Waals surface area contributed by atoms with Gasteiger partial charge in [0, 0.05) is 11.1 Å². The summed E-state index contributed by atoms with van der Waals surface area (Å²) in [5.41, 5.74) is 6.70. The molecule has 2 N–H and O–H groups in total. The fourth-order valence-electron chi connectivity index (χ4n) is 1.85. The van der Waals surface area contributed by atoms with Crippen LogP contribution in [0.5, 0.6) is 5.75 Å². The Morgan fingerprint density at radius 1 is 1.00 bits per heavy atom. The highest BCUT2D eigenvalue weighted by Gasteiger charge is 2.18. The van der Waals surface area contributed by atoms with Crippen molar-refractivity contribution in [2.75, 3.05) is 7.11 Å². The molecule has 2 nitrogen and oxygen atoms in total. The lowest BCUT2D eigenvalue weighted by Gasteiger charge is -2.16. The molecule has 0 aliphatic rings. The Morgan fingerprint density at radius 3 is 2.39 bits per heavy atom. The minimum atomic E-state index is -0.920. The molecule has 0 heterocycles. The lowest BCUT2D eigenvalue weighted by molar-refractivity contribution is 0.407. The van der Waals surface area contributed by atoms with Crippen LogP contribution in [0.1, 0.15) is 17.2 Å². The van der Waals surface area contributed by atoms with Gasteiger partial charge in [-0.3, -0.25) is 0 Å². The van der Waals surface area contributed by atoms with Gasteiger partial charge in [-0.25, -0.2) is 8.78 Å². The van der Waals surface area contributed by atoms with Crippen molar-refractivity contribution in [3.8, 4) is 5.75 Å². The number of benzene rings is 2. The molecule has 0 radical (unpaired) electrons. The first kappa shape index (κ1) is 12.5. The van der Waals surface area contributed by atoms with Crippen molar-refractivity contribution in [3.05, 3.63) is 65.2 Å². The fourth-order valence-corrected chi connectivity index (χ4v) is 1.85. The summed E-state index contributed by atoms with van der Waals surface area (Å²) >= 11 is 0. The first-order valence-corrected chi connectivity index (χ1v) is 5.47. The molecule has 1 unspecified atom stereocenters. The van der Waals surface area contributed by atoms with Crippen molar-refractivity contribution < 1.29 is 13.5 Å². The quantitative estimate of drug-likeness (QED) is 0.907. The van der Waals surface area contributed by atoms with E-state index in [0.717, 1.165) is 6.07 Å². The maximum Gasteiger partial charge on any atom is 0.163 e. The van der Waals surface area contributed by atoms with E-state index < -0.39 is 17.7 Å². The highest BCUT2D eigenvalue weighted by atomic mass is 19.2. The van der Waals surface area contributed by atoms with Crippen LogP contribution >= 0.6 is 0 Å². The number of para-hydroxylation sites is 1. The van der Waals surface area contributed by atoms with Crippen LogP contribution in [0.3, 0.4) is 0 Å². The number of ether oxygens (including phenoxy) is 1. The molecule has 0 fully saturated rings. The zero-order chi connectivity index (χ0) is 13.1. The molecule has 1 atom stereocenters. The lowest BCUT2D eigenvalue weighted by Crippen LogP contribution is -2.15. The maximum atomic E-state index is 13.7. The Morgan fingerprint density at radius 2 is 1.67 bits per heavy atom. The van der Waals surface area contributed by atoms with Gasteiger partial charge in [0.25, 0.3) is 0 Å². The zero-order valence-electron chi connectivity index (χ0n) is 9.86. The van der Waals surface area contributed by atoms with Crippen molar-refractivity contribution in [1.82, 2.24) is 0 Å². The number of hydrogen-bond donors (Lipinski definition) is 1. The zero-order valence-corrected chi connectivity index (χ0v) is 9.86. The predicted molar refractivity (Wildman–Crippen MR) is 65.4 cm³/mol. The van der Waals surface area contributed by atoms with Gasteiger partial charge in [0.05, 0.1) is 13.2 Å². The molecule has 4 heteroatoms. The summed E-state index contributed by atoms with van der Waals surface area (Å²) in [4.78, 5) is 0. The number of nitrogens with two attached hydrogens (primary N) is 1. The van der Waals surface area contributed by atoms with Crippen LogP contribution < -0.4 is 10.5 Å². The van der Waals surface area contributed by atoms with E-state index in [0.29, 0.717) is 11.3 Å². The summed E-state index contributed by atoms with van der Waals surface area (Å²) in [6.45, 7) is 0. The van der Waals surface area contributed by atoms with Gasteiger partial charge in [0.1, 0.15) is 5.75 Å². The van der Waals surface area contributed by atoms with E-state index in [-0.39, 0.29) is 5.56 Å². The minimum Gasteiger partial charge on any atom is -0.496 e. The minimum absolute atomic E-state index is 0.111. The Balaban J connectivity index is 2.48. The van der Waals surface area contributed by atoms with Crippen molar-refractivity contribution in [3.63, 3.8) is 0 Å². The molecule has 0 amide bonds. The van der Waals surface area contributed by atoms with Crippen molar-refractivity contribution in [1.29, 1.82) is 0 Å². The van der Waals surface area contributed by atoms with Crippen LogP contribution in [0.4, 0.5) is 8.78 Å². The van der Waals surface area contributed by atoms with Gasteiger partial charge in [-0.1, -0.05) is 30.3 Å². The molecule has 0 saturated heterocycles. The molecule has 0 aliphatic carbocycles. The van der Waals surface area contributed by atoms with Crippen LogP contribution in [-0.2, 0) is 0 Å². The molecule has 2 rings (SSSR count).